The first kappa shape index (κ1) is 20.9. The molecule has 1 aliphatic rings. The molecule has 0 amide bonds. The highest BCUT2D eigenvalue weighted by atomic mass is 16.7. The Labute approximate surface area is 181 Å². The van der Waals surface area contributed by atoms with Gasteiger partial charge in [-0.15, -0.1) is 0 Å². The number of rotatable bonds is 5. The van der Waals surface area contributed by atoms with Crippen LogP contribution in [0.5, 0.6) is 0 Å². The topological polar surface area (TPSA) is 18.5 Å². The third-order valence-electron chi connectivity index (χ3n) is 6.70. The summed E-state index contributed by atoms with van der Waals surface area (Å²) >= 11 is 0. The van der Waals surface area contributed by atoms with Crippen LogP contribution in [0.25, 0.3) is 0 Å². The van der Waals surface area contributed by atoms with Crippen LogP contribution in [0.1, 0.15) is 61.7 Å². The summed E-state index contributed by atoms with van der Waals surface area (Å²) < 4.78 is 13.2. The summed E-state index contributed by atoms with van der Waals surface area (Å²) in [6, 6.07) is 30.3. The SMILES string of the molecule is Cc1ccc([C@H](c2ccccc2)[C@H](B2OC(C)(C)C(C)(C)O2)c2ccccc2)cc1. The zero-order chi connectivity index (χ0) is 21.4. The van der Waals surface area contributed by atoms with Gasteiger partial charge < -0.3 is 9.31 Å². The van der Waals surface area contributed by atoms with Crippen molar-refractivity contribution in [3.05, 3.63) is 107 Å². The van der Waals surface area contributed by atoms with E-state index in [0.717, 1.165) is 0 Å². The van der Waals surface area contributed by atoms with E-state index in [0.29, 0.717) is 0 Å². The predicted octanol–water partition coefficient (Wildman–Crippen LogP) is 6.54. The molecule has 0 bridgehead atoms. The molecule has 3 heteroatoms. The van der Waals surface area contributed by atoms with Gasteiger partial charge in [0, 0.05) is 11.7 Å². The first-order valence-corrected chi connectivity index (χ1v) is 10.8. The maximum Gasteiger partial charge on any atom is 0.466 e. The van der Waals surface area contributed by atoms with Crippen molar-refractivity contribution in [2.75, 3.05) is 0 Å². The minimum Gasteiger partial charge on any atom is -0.403 e. The summed E-state index contributed by atoms with van der Waals surface area (Å²) in [5.41, 5.74) is 4.28. The van der Waals surface area contributed by atoms with Gasteiger partial charge in [-0.3, -0.25) is 0 Å². The van der Waals surface area contributed by atoms with Crippen LogP contribution in [0.15, 0.2) is 84.9 Å². The van der Waals surface area contributed by atoms with Crippen LogP contribution in [0.3, 0.4) is 0 Å². The van der Waals surface area contributed by atoms with Crippen LogP contribution < -0.4 is 0 Å². The van der Waals surface area contributed by atoms with Crippen molar-refractivity contribution >= 4 is 7.12 Å². The van der Waals surface area contributed by atoms with Crippen LogP contribution >= 0.6 is 0 Å². The highest BCUT2D eigenvalue weighted by Crippen LogP contribution is 2.47. The smallest absolute Gasteiger partial charge is 0.403 e. The van der Waals surface area contributed by atoms with Gasteiger partial charge in [-0.2, -0.15) is 0 Å². The summed E-state index contributed by atoms with van der Waals surface area (Å²) in [5.74, 6) is 0.140. The minimum atomic E-state index is -0.376. The molecular formula is C27H31BO2. The van der Waals surface area contributed by atoms with Crippen molar-refractivity contribution in [1.29, 1.82) is 0 Å². The molecule has 3 aromatic carbocycles. The van der Waals surface area contributed by atoms with Crippen molar-refractivity contribution in [2.24, 2.45) is 0 Å². The van der Waals surface area contributed by atoms with Crippen molar-refractivity contribution in [3.63, 3.8) is 0 Å². The lowest BCUT2D eigenvalue weighted by atomic mass is 9.58. The van der Waals surface area contributed by atoms with Crippen molar-refractivity contribution in [1.82, 2.24) is 0 Å². The Bertz CT molecular complexity index is 949. The number of aryl methyl sites for hydroxylation is 1. The van der Waals surface area contributed by atoms with Gasteiger partial charge in [-0.25, -0.2) is 0 Å². The zero-order valence-corrected chi connectivity index (χ0v) is 18.6. The molecule has 0 unspecified atom stereocenters. The largest absolute Gasteiger partial charge is 0.466 e. The van der Waals surface area contributed by atoms with E-state index >= 15 is 0 Å². The Kier molecular flexibility index (Phi) is 5.61. The summed E-state index contributed by atoms with van der Waals surface area (Å²) in [6.45, 7) is 10.6. The summed E-state index contributed by atoms with van der Waals surface area (Å²) in [4.78, 5) is 0. The molecule has 0 radical (unpaired) electrons. The monoisotopic (exact) mass is 398 g/mol. The molecule has 1 aliphatic heterocycles. The van der Waals surface area contributed by atoms with Gasteiger partial charge in [0.1, 0.15) is 0 Å². The van der Waals surface area contributed by atoms with E-state index in [1.807, 2.05) is 0 Å². The van der Waals surface area contributed by atoms with E-state index in [1.54, 1.807) is 0 Å². The molecule has 154 valence electrons. The molecular weight excluding hydrogens is 367 g/mol. The molecule has 2 atom stereocenters. The number of hydrogen-bond donors (Lipinski definition) is 0. The Hall–Kier alpha value is -2.36. The molecule has 1 saturated heterocycles. The second-order valence-electron chi connectivity index (χ2n) is 9.36. The maximum atomic E-state index is 6.61. The molecule has 0 aromatic heterocycles. The summed E-state index contributed by atoms with van der Waals surface area (Å²) in [5, 5.41) is 0. The predicted molar refractivity (Wildman–Crippen MR) is 125 cm³/mol. The van der Waals surface area contributed by atoms with E-state index in [9.17, 15) is 0 Å². The Balaban J connectivity index is 1.87. The molecule has 3 aromatic rings. The van der Waals surface area contributed by atoms with Crippen molar-refractivity contribution in [2.45, 2.75) is 57.6 Å². The molecule has 30 heavy (non-hydrogen) atoms. The number of hydrogen-bond acceptors (Lipinski definition) is 2. The molecule has 1 heterocycles. The van der Waals surface area contributed by atoms with Crippen LogP contribution in [0, 0.1) is 6.92 Å². The van der Waals surface area contributed by atoms with Gasteiger partial charge in [-0.05, 0) is 51.3 Å². The molecule has 4 rings (SSSR count). The van der Waals surface area contributed by atoms with Crippen molar-refractivity contribution in [3.8, 4) is 0 Å². The van der Waals surface area contributed by atoms with E-state index < -0.39 is 0 Å². The van der Waals surface area contributed by atoms with Crippen LogP contribution in [-0.2, 0) is 9.31 Å². The van der Waals surface area contributed by atoms with Gasteiger partial charge in [0.25, 0.3) is 0 Å². The van der Waals surface area contributed by atoms with Gasteiger partial charge in [0.2, 0.25) is 0 Å². The highest BCUT2D eigenvalue weighted by Gasteiger charge is 2.55. The minimum absolute atomic E-state index is 0.0253. The lowest BCUT2D eigenvalue weighted by molar-refractivity contribution is 0.00578. The normalized spacial score (nSPS) is 19.4. The molecule has 0 saturated carbocycles. The summed E-state index contributed by atoms with van der Waals surface area (Å²) in [6.07, 6.45) is 0. The number of benzene rings is 3. The van der Waals surface area contributed by atoms with Crippen LogP contribution in [0.4, 0.5) is 0 Å². The van der Waals surface area contributed by atoms with E-state index in [4.69, 9.17) is 9.31 Å². The third-order valence-corrected chi connectivity index (χ3v) is 6.70. The quantitative estimate of drug-likeness (QED) is 0.454. The fraction of sp³-hybridized carbons (Fsp3) is 0.333. The van der Waals surface area contributed by atoms with Gasteiger partial charge >= 0.3 is 7.12 Å². The zero-order valence-electron chi connectivity index (χ0n) is 18.6. The molecule has 1 fully saturated rings. The fourth-order valence-electron chi connectivity index (χ4n) is 4.26. The van der Waals surface area contributed by atoms with E-state index in [2.05, 4.69) is 120 Å². The fourth-order valence-corrected chi connectivity index (χ4v) is 4.26. The molecule has 0 N–H and O–H groups in total. The Morgan fingerprint density at radius 1 is 0.600 bits per heavy atom. The van der Waals surface area contributed by atoms with Crippen molar-refractivity contribution < 1.29 is 9.31 Å². The lowest BCUT2D eigenvalue weighted by Gasteiger charge is -2.32. The van der Waals surface area contributed by atoms with Gasteiger partial charge in [0.05, 0.1) is 11.2 Å². The Morgan fingerprint density at radius 3 is 1.53 bits per heavy atom. The highest BCUT2D eigenvalue weighted by molar-refractivity contribution is 6.48. The molecule has 0 spiro atoms. The maximum absolute atomic E-state index is 6.61. The standard InChI is InChI=1S/C27H31BO2/c1-20-16-18-22(19-17-20)24(21-12-8-6-9-13-21)25(23-14-10-7-11-15-23)28-29-26(2,3)27(4,5)30-28/h6-19,24-25H,1-5H3/t24-,25+/m0/s1. The molecule has 2 nitrogen and oxygen atoms in total. The van der Waals surface area contributed by atoms with E-state index in [1.165, 1.54) is 22.3 Å². The average Bonchev–Trinajstić information content (AvgIpc) is 2.95. The van der Waals surface area contributed by atoms with Gasteiger partial charge in [0.15, 0.2) is 0 Å². The first-order valence-electron chi connectivity index (χ1n) is 10.8. The lowest BCUT2D eigenvalue weighted by Crippen LogP contribution is -2.41. The molecule has 0 aliphatic carbocycles. The Morgan fingerprint density at radius 2 is 1.03 bits per heavy atom. The first-order chi connectivity index (χ1) is 14.3. The third kappa shape index (κ3) is 3.97. The average molecular weight is 398 g/mol. The summed E-state index contributed by atoms with van der Waals surface area (Å²) in [7, 11) is -0.344. The van der Waals surface area contributed by atoms with Crippen LogP contribution in [0.2, 0.25) is 0 Å². The van der Waals surface area contributed by atoms with E-state index in [-0.39, 0.29) is 30.1 Å². The van der Waals surface area contributed by atoms with Gasteiger partial charge in [-0.1, -0.05) is 90.5 Å². The second-order valence-corrected chi connectivity index (χ2v) is 9.36. The second kappa shape index (κ2) is 8.05. The van der Waals surface area contributed by atoms with Crippen LogP contribution in [-0.4, -0.2) is 18.3 Å².